The summed E-state index contributed by atoms with van der Waals surface area (Å²) in [7, 11) is 0. The molecule has 0 radical (unpaired) electrons. The SMILES string of the molecule is C=CCCCCCC(=O)c1ccc2ncccc2c1. The smallest absolute Gasteiger partial charge is 0.162 e. The van der Waals surface area contributed by atoms with Crippen molar-refractivity contribution in [3.8, 4) is 0 Å². The van der Waals surface area contributed by atoms with Crippen LogP contribution in [0.2, 0.25) is 0 Å². The summed E-state index contributed by atoms with van der Waals surface area (Å²) in [5.74, 6) is 0.226. The van der Waals surface area contributed by atoms with Crippen molar-refractivity contribution >= 4 is 16.7 Å². The minimum atomic E-state index is 0.226. The number of rotatable bonds is 7. The molecular weight excluding hydrogens is 234 g/mol. The fourth-order valence-electron chi connectivity index (χ4n) is 2.14. The Labute approximate surface area is 114 Å². The number of hydrogen-bond donors (Lipinski definition) is 0. The van der Waals surface area contributed by atoms with Gasteiger partial charge in [0.25, 0.3) is 0 Å². The van der Waals surface area contributed by atoms with Gasteiger partial charge < -0.3 is 0 Å². The van der Waals surface area contributed by atoms with E-state index in [1.54, 1.807) is 6.20 Å². The van der Waals surface area contributed by atoms with E-state index in [9.17, 15) is 4.79 Å². The lowest BCUT2D eigenvalue weighted by atomic mass is 10.0. The largest absolute Gasteiger partial charge is 0.294 e. The van der Waals surface area contributed by atoms with E-state index in [4.69, 9.17) is 0 Å². The predicted molar refractivity (Wildman–Crippen MR) is 79.4 cm³/mol. The molecule has 0 atom stereocenters. The quantitative estimate of drug-likeness (QED) is 0.411. The number of fused-ring (bicyclic) bond motifs is 1. The van der Waals surface area contributed by atoms with Crippen LogP contribution >= 0.6 is 0 Å². The molecule has 0 spiro atoms. The lowest BCUT2D eigenvalue weighted by Crippen LogP contribution is -1.99. The van der Waals surface area contributed by atoms with E-state index in [-0.39, 0.29) is 5.78 Å². The average Bonchev–Trinajstić information content (AvgIpc) is 2.46. The third-order valence-electron chi connectivity index (χ3n) is 3.24. The summed E-state index contributed by atoms with van der Waals surface area (Å²) in [5.41, 5.74) is 1.73. The first-order valence-corrected chi connectivity index (χ1v) is 6.80. The Morgan fingerprint density at radius 3 is 2.95 bits per heavy atom. The topological polar surface area (TPSA) is 30.0 Å². The minimum absolute atomic E-state index is 0.226. The molecule has 0 unspecified atom stereocenters. The van der Waals surface area contributed by atoms with E-state index in [1.165, 1.54) is 0 Å². The maximum absolute atomic E-state index is 12.1. The summed E-state index contributed by atoms with van der Waals surface area (Å²) in [5, 5.41) is 1.03. The van der Waals surface area contributed by atoms with Gasteiger partial charge in [-0.15, -0.1) is 6.58 Å². The average molecular weight is 253 g/mol. The molecule has 2 heteroatoms. The Morgan fingerprint density at radius 2 is 2.11 bits per heavy atom. The number of ketones is 1. The van der Waals surface area contributed by atoms with Crippen LogP contribution in [0.4, 0.5) is 0 Å². The van der Waals surface area contributed by atoms with Crippen molar-refractivity contribution in [3.05, 3.63) is 54.7 Å². The molecule has 0 aliphatic rings. The van der Waals surface area contributed by atoms with E-state index in [2.05, 4.69) is 11.6 Å². The molecule has 1 aromatic heterocycles. The molecule has 2 rings (SSSR count). The second-order valence-electron chi connectivity index (χ2n) is 4.72. The Kier molecular flexibility index (Phi) is 4.85. The highest BCUT2D eigenvalue weighted by Crippen LogP contribution is 2.16. The van der Waals surface area contributed by atoms with Crippen molar-refractivity contribution in [1.29, 1.82) is 0 Å². The minimum Gasteiger partial charge on any atom is -0.294 e. The third-order valence-corrected chi connectivity index (χ3v) is 3.24. The van der Waals surface area contributed by atoms with Crippen molar-refractivity contribution in [2.75, 3.05) is 0 Å². The van der Waals surface area contributed by atoms with Crippen LogP contribution in [0.15, 0.2) is 49.2 Å². The van der Waals surface area contributed by atoms with Gasteiger partial charge in [0, 0.05) is 23.6 Å². The van der Waals surface area contributed by atoms with E-state index in [1.807, 2.05) is 36.4 Å². The van der Waals surface area contributed by atoms with Crippen LogP contribution in [0, 0.1) is 0 Å². The Morgan fingerprint density at radius 1 is 1.21 bits per heavy atom. The molecule has 0 aliphatic heterocycles. The molecule has 1 aromatic carbocycles. The van der Waals surface area contributed by atoms with Crippen LogP contribution in [0.25, 0.3) is 10.9 Å². The summed E-state index contributed by atoms with van der Waals surface area (Å²) in [6.45, 7) is 3.70. The number of benzene rings is 1. The molecule has 2 nitrogen and oxygen atoms in total. The first-order chi connectivity index (χ1) is 9.31. The molecule has 0 saturated heterocycles. The molecule has 0 bridgehead atoms. The summed E-state index contributed by atoms with van der Waals surface area (Å²) < 4.78 is 0. The maximum Gasteiger partial charge on any atom is 0.162 e. The van der Waals surface area contributed by atoms with Gasteiger partial charge in [-0.2, -0.15) is 0 Å². The van der Waals surface area contributed by atoms with Gasteiger partial charge in [-0.3, -0.25) is 9.78 Å². The van der Waals surface area contributed by atoms with Crippen molar-refractivity contribution in [2.45, 2.75) is 32.1 Å². The normalized spacial score (nSPS) is 10.5. The fourth-order valence-corrected chi connectivity index (χ4v) is 2.14. The zero-order valence-corrected chi connectivity index (χ0v) is 11.1. The lowest BCUT2D eigenvalue weighted by molar-refractivity contribution is 0.0979. The zero-order chi connectivity index (χ0) is 13.5. The number of carbonyl (C=O) groups is 1. The molecule has 98 valence electrons. The first kappa shape index (κ1) is 13.5. The Balaban J connectivity index is 1.95. The number of nitrogens with zero attached hydrogens (tertiary/aromatic N) is 1. The summed E-state index contributed by atoms with van der Waals surface area (Å²) in [6.07, 6.45) is 8.53. The van der Waals surface area contributed by atoms with E-state index in [0.717, 1.165) is 42.1 Å². The number of aromatic nitrogens is 1. The van der Waals surface area contributed by atoms with Crippen LogP contribution in [-0.4, -0.2) is 10.8 Å². The van der Waals surface area contributed by atoms with Gasteiger partial charge in [0.15, 0.2) is 5.78 Å². The molecule has 0 saturated carbocycles. The van der Waals surface area contributed by atoms with Gasteiger partial charge in [-0.25, -0.2) is 0 Å². The second kappa shape index (κ2) is 6.83. The van der Waals surface area contributed by atoms with E-state index >= 15 is 0 Å². The predicted octanol–water partition coefficient (Wildman–Crippen LogP) is 4.55. The molecule has 0 fully saturated rings. The van der Waals surface area contributed by atoms with Crippen molar-refractivity contribution in [1.82, 2.24) is 4.98 Å². The summed E-state index contributed by atoms with van der Waals surface area (Å²) >= 11 is 0. The van der Waals surface area contributed by atoms with Gasteiger partial charge in [-0.05, 0) is 43.5 Å². The van der Waals surface area contributed by atoms with Crippen LogP contribution in [0.1, 0.15) is 42.5 Å². The van der Waals surface area contributed by atoms with Crippen LogP contribution in [0.3, 0.4) is 0 Å². The molecule has 0 N–H and O–H groups in total. The fraction of sp³-hybridized carbons (Fsp3) is 0.294. The highest BCUT2D eigenvalue weighted by atomic mass is 16.1. The molecule has 2 aromatic rings. The molecular formula is C17H19NO. The van der Waals surface area contributed by atoms with Crippen molar-refractivity contribution < 1.29 is 4.79 Å². The Bertz CT molecular complexity index is 574. The molecule has 19 heavy (non-hydrogen) atoms. The third kappa shape index (κ3) is 3.75. The monoisotopic (exact) mass is 253 g/mol. The van der Waals surface area contributed by atoms with Gasteiger partial charge in [0.2, 0.25) is 0 Å². The van der Waals surface area contributed by atoms with Crippen LogP contribution in [0.5, 0.6) is 0 Å². The molecule has 0 amide bonds. The van der Waals surface area contributed by atoms with Gasteiger partial charge in [-0.1, -0.05) is 18.6 Å². The number of Topliss-reactive ketones (excluding diaryl/α,β-unsaturated/α-hetero) is 1. The summed E-state index contributed by atoms with van der Waals surface area (Å²) in [4.78, 5) is 16.3. The van der Waals surface area contributed by atoms with Crippen LogP contribution in [-0.2, 0) is 0 Å². The van der Waals surface area contributed by atoms with Crippen LogP contribution < -0.4 is 0 Å². The standard InChI is InChI=1S/C17H19NO/c1-2-3-4-5-6-9-17(19)15-10-11-16-14(13-15)8-7-12-18-16/h2,7-8,10-13H,1,3-6,9H2. The highest BCUT2D eigenvalue weighted by Gasteiger charge is 2.06. The number of allylic oxidation sites excluding steroid dienone is 1. The highest BCUT2D eigenvalue weighted by molar-refractivity contribution is 5.99. The van der Waals surface area contributed by atoms with Gasteiger partial charge in [0.1, 0.15) is 0 Å². The second-order valence-corrected chi connectivity index (χ2v) is 4.72. The van der Waals surface area contributed by atoms with Gasteiger partial charge in [0.05, 0.1) is 5.52 Å². The first-order valence-electron chi connectivity index (χ1n) is 6.80. The van der Waals surface area contributed by atoms with Crippen molar-refractivity contribution in [3.63, 3.8) is 0 Å². The van der Waals surface area contributed by atoms with E-state index < -0.39 is 0 Å². The maximum atomic E-state index is 12.1. The van der Waals surface area contributed by atoms with E-state index in [0.29, 0.717) is 6.42 Å². The molecule has 0 aliphatic carbocycles. The summed E-state index contributed by atoms with van der Waals surface area (Å²) in [6, 6.07) is 9.62. The molecule has 1 heterocycles. The number of carbonyl (C=O) groups excluding carboxylic acids is 1. The number of unbranched alkanes of at least 4 members (excludes halogenated alkanes) is 3. The number of pyridine rings is 1. The lowest BCUT2D eigenvalue weighted by Gasteiger charge is -2.03. The zero-order valence-electron chi connectivity index (χ0n) is 11.1. The van der Waals surface area contributed by atoms with Gasteiger partial charge >= 0.3 is 0 Å². The number of hydrogen-bond acceptors (Lipinski definition) is 2. The Hall–Kier alpha value is -1.96. The van der Waals surface area contributed by atoms with Crippen molar-refractivity contribution in [2.24, 2.45) is 0 Å².